The van der Waals surface area contributed by atoms with Crippen LogP contribution in [-0.4, -0.2) is 18.5 Å². The van der Waals surface area contributed by atoms with Crippen molar-refractivity contribution in [1.29, 1.82) is 0 Å². The fourth-order valence-electron chi connectivity index (χ4n) is 2.13. The molecule has 4 nitrogen and oxygen atoms in total. The number of aliphatic imine (C=N–C) groups is 1. The van der Waals surface area contributed by atoms with E-state index in [0.717, 1.165) is 11.3 Å². The molecule has 2 aromatic carbocycles. The van der Waals surface area contributed by atoms with Gasteiger partial charge in [-0.1, -0.05) is 48.5 Å². The van der Waals surface area contributed by atoms with Crippen molar-refractivity contribution in [3.8, 4) is 5.75 Å². The van der Waals surface area contributed by atoms with Gasteiger partial charge in [-0.3, -0.25) is 0 Å². The van der Waals surface area contributed by atoms with Gasteiger partial charge in [0.15, 0.2) is 5.70 Å². The smallest absolute Gasteiger partial charge is 0.363 e. The third-order valence-electron chi connectivity index (χ3n) is 3.28. The lowest BCUT2D eigenvalue weighted by Gasteiger charge is -2.02. The highest BCUT2D eigenvalue weighted by Gasteiger charge is 2.25. The molecular formula is C19H14ClNO3. The van der Waals surface area contributed by atoms with Crippen LogP contribution in [0.15, 0.2) is 71.9 Å². The highest BCUT2D eigenvalue weighted by atomic mass is 35.5. The second-order valence-electron chi connectivity index (χ2n) is 4.98. The summed E-state index contributed by atoms with van der Waals surface area (Å²) in [5.74, 6) is 0.436. The van der Waals surface area contributed by atoms with E-state index in [0.29, 0.717) is 17.2 Å². The number of carbonyl (C=O) groups is 1. The molecule has 1 aliphatic rings. The van der Waals surface area contributed by atoms with Gasteiger partial charge in [0.2, 0.25) is 5.90 Å². The summed E-state index contributed by atoms with van der Waals surface area (Å²) in [7, 11) is 0. The first kappa shape index (κ1) is 16.0. The Labute approximate surface area is 144 Å². The van der Waals surface area contributed by atoms with Crippen LogP contribution in [0.5, 0.6) is 5.75 Å². The van der Waals surface area contributed by atoms with Crippen LogP contribution >= 0.6 is 11.6 Å². The van der Waals surface area contributed by atoms with Crippen molar-refractivity contribution in [3.05, 3.63) is 83.0 Å². The van der Waals surface area contributed by atoms with E-state index in [-0.39, 0.29) is 11.6 Å². The van der Waals surface area contributed by atoms with Gasteiger partial charge in [0.1, 0.15) is 12.4 Å². The maximum atomic E-state index is 12.0. The van der Waals surface area contributed by atoms with Gasteiger partial charge in [-0.05, 0) is 35.9 Å². The summed E-state index contributed by atoms with van der Waals surface area (Å²) < 4.78 is 10.6. The standard InChI is InChI=1S/C19H14ClNO3/c1-2-11-23-14-9-7-13(8-10-14)12-17-19(22)24-18(21-17)15-5-3-4-6-16(15)20/h2-10,12H,1,11H2/b17-12-. The molecule has 24 heavy (non-hydrogen) atoms. The largest absolute Gasteiger partial charge is 0.490 e. The number of esters is 1. The zero-order valence-corrected chi connectivity index (χ0v) is 13.5. The molecule has 2 aromatic rings. The number of hydrogen-bond donors (Lipinski definition) is 0. The van der Waals surface area contributed by atoms with E-state index in [1.165, 1.54) is 0 Å². The number of halogens is 1. The lowest BCUT2D eigenvalue weighted by atomic mass is 10.2. The van der Waals surface area contributed by atoms with Crippen LogP contribution in [0, 0.1) is 0 Å². The summed E-state index contributed by atoms with van der Waals surface area (Å²) in [5, 5.41) is 0.481. The second kappa shape index (κ2) is 7.15. The van der Waals surface area contributed by atoms with Gasteiger partial charge in [-0.15, -0.1) is 0 Å². The molecule has 3 rings (SSSR count). The third kappa shape index (κ3) is 3.55. The Kier molecular flexibility index (Phi) is 4.77. The van der Waals surface area contributed by atoms with Crippen molar-refractivity contribution in [2.75, 3.05) is 6.61 Å². The topological polar surface area (TPSA) is 47.9 Å². The van der Waals surface area contributed by atoms with Crippen molar-refractivity contribution in [2.24, 2.45) is 4.99 Å². The lowest BCUT2D eigenvalue weighted by molar-refractivity contribution is -0.129. The summed E-state index contributed by atoms with van der Waals surface area (Å²) in [5.41, 5.74) is 1.63. The first-order valence-corrected chi connectivity index (χ1v) is 7.66. The molecule has 0 aliphatic carbocycles. The van der Waals surface area contributed by atoms with Crippen molar-refractivity contribution in [1.82, 2.24) is 0 Å². The Hall–Kier alpha value is -2.85. The van der Waals surface area contributed by atoms with Crippen molar-refractivity contribution in [3.63, 3.8) is 0 Å². The zero-order valence-electron chi connectivity index (χ0n) is 12.7. The monoisotopic (exact) mass is 339 g/mol. The SMILES string of the molecule is C=CCOc1ccc(/C=C2\N=C(c3ccccc3Cl)OC2=O)cc1. The maximum absolute atomic E-state index is 12.0. The molecule has 0 saturated carbocycles. The van der Waals surface area contributed by atoms with E-state index >= 15 is 0 Å². The number of hydrogen-bond acceptors (Lipinski definition) is 4. The molecule has 0 atom stereocenters. The van der Waals surface area contributed by atoms with Gasteiger partial charge in [-0.25, -0.2) is 9.79 Å². The predicted octanol–water partition coefficient (Wildman–Crippen LogP) is 4.25. The fourth-order valence-corrected chi connectivity index (χ4v) is 2.35. The number of carbonyl (C=O) groups excluding carboxylic acids is 1. The van der Waals surface area contributed by atoms with Crippen LogP contribution in [0.25, 0.3) is 6.08 Å². The van der Waals surface area contributed by atoms with E-state index in [1.807, 2.05) is 24.3 Å². The van der Waals surface area contributed by atoms with Crippen molar-refractivity contribution >= 4 is 29.5 Å². The highest BCUT2D eigenvalue weighted by Crippen LogP contribution is 2.24. The Morgan fingerprint density at radius 3 is 2.62 bits per heavy atom. The van der Waals surface area contributed by atoms with Crippen molar-refractivity contribution < 1.29 is 14.3 Å². The van der Waals surface area contributed by atoms with Crippen LogP contribution in [0.4, 0.5) is 0 Å². The number of benzene rings is 2. The summed E-state index contributed by atoms with van der Waals surface area (Å²) >= 11 is 6.11. The van der Waals surface area contributed by atoms with Gasteiger partial charge in [0, 0.05) is 0 Å². The summed E-state index contributed by atoms with van der Waals surface area (Å²) in [6.45, 7) is 4.04. The van der Waals surface area contributed by atoms with Crippen LogP contribution in [0.1, 0.15) is 11.1 Å². The van der Waals surface area contributed by atoms with E-state index in [9.17, 15) is 4.79 Å². The van der Waals surface area contributed by atoms with Gasteiger partial charge in [0.05, 0.1) is 10.6 Å². The summed E-state index contributed by atoms with van der Waals surface area (Å²) in [6.07, 6.45) is 3.33. The number of nitrogens with zero attached hydrogens (tertiary/aromatic N) is 1. The van der Waals surface area contributed by atoms with Crippen LogP contribution in [-0.2, 0) is 9.53 Å². The number of rotatable bonds is 5. The molecule has 0 amide bonds. The molecule has 0 radical (unpaired) electrons. The lowest BCUT2D eigenvalue weighted by Crippen LogP contribution is -2.05. The summed E-state index contributed by atoms with van der Waals surface area (Å²) in [6, 6.07) is 14.4. The predicted molar refractivity (Wildman–Crippen MR) is 94.2 cm³/mol. The van der Waals surface area contributed by atoms with Crippen LogP contribution in [0.3, 0.4) is 0 Å². The average molecular weight is 340 g/mol. The Morgan fingerprint density at radius 2 is 1.92 bits per heavy atom. The van der Waals surface area contributed by atoms with Gasteiger partial charge in [-0.2, -0.15) is 0 Å². The van der Waals surface area contributed by atoms with E-state index in [4.69, 9.17) is 21.1 Å². The highest BCUT2D eigenvalue weighted by molar-refractivity contribution is 6.34. The Morgan fingerprint density at radius 1 is 1.17 bits per heavy atom. The first-order chi connectivity index (χ1) is 11.7. The fraction of sp³-hybridized carbons (Fsp3) is 0.0526. The minimum atomic E-state index is -0.503. The molecule has 0 saturated heterocycles. The Balaban J connectivity index is 1.83. The van der Waals surface area contributed by atoms with Crippen LogP contribution in [0.2, 0.25) is 5.02 Å². The molecule has 0 N–H and O–H groups in total. The molecule has 0 bridgehead atoms. The van der Waals surface area contributed by atoms with Crippen molar-refractivity contribution in [2.45, 2.75) is 0 Å². The molecular weight excluding hydrogens is 326 g/mol. The van der Waals surface area contributed by atoms with E-state index in [1.54, 1.807) is 36.4 Å². The number of cyclic esters (lactones) is 1. The average Bonchev–Trinajstić information content (AvgIpc) is 2.95. The van der Waals surface area contributed by atoms with Gasteiger partial charge in [0.25, 0.3) is 0 Å². The minimum Gasteiger partial charge on any atom is -0.490 e. The summed E-state index contributed by atoms with van der Waals surface area (Å²) in [4.78, 5) is 16.2. The zero-order chi connectivity index (χ0) is 16.9. The van der Waals surface area contributed by atoms with E-state index in [2.05, 4.69) is 11.6 Å². The quantitative estimate of drug-likeness (QED) is 0.465. The van der Waals surface area contributed by atoms with Gasteiger partial charge < -0.3 is 9.47 Å². The molecule has 5 heteroatoms. The van der Waals surface area contributed by atoms with E-state index < -0.39 is 5.97 Å². The maximum Gasteiger partial charge on any atom is 0.363 e. The van der Waals surface area contributed by atoms with Gasteiger partial charge >= 0.3 is 5.97 Å². The molecule has 0 aromatic heterocycles. The molecule has 0 unspecified atom stereocenters. The number of ether oxygens (including phenoxy) is 2. The normalized spacial score (nSPS) is 15.1. The van der Waals surface area contributed by atoms with Crippen LogP contribution < -0.4 is 4.74 Å². The molecule has 0 fully saturated rings. The minimum absolute atomic E-state index is 0.211. The Bertz CT molecular complexity index is 838. The molecule has 120 valence electrons. The molecule has 0 spiro atoms. The third-order valence-corrected chi connectivity index (χ3v) is 3.61. The molecule has 1 aliphatic heterocycles. The first-order valence-electron chi connectivity index (χ1n) is 7.28. The molecule has 1 heterocycles. The second-order valence-corrected chi connectivity index (χ2v) is 5.39.